The zero-order chi connectivity index (χ0) is 7.40. The van der Waals surface area contributed by atoms with Gasteiger partial charge in [-0.05, 0) is 5.56 Å². The van der Waals surface area contributed by atoms with Crippen LogP contribution in [0, 0.1) is 0 Å². The van der Waals surface area contributed by atoms with Gasteiger partial charge >= 0.3 is 0 Å². The highest BCUT2D eigenvalue weighted by Gasteiger charge is 2.03. The monoisotopic (exact) mass is 250 g/mol. The van der Waals surface area contributed by atoms with Crippen molar-refractivity contribution in [1.29, 1.82) is 0 Å². The zero-order valence-electron chi connectivity index (χ0n) is 5.43. The van der Waals surface area contributed by atoms with Crippen molar-refractivity contribution in [3.63, 3.8) is 0 Å². The van der Waals surface area contributed by atoms with Gasteiger partial charge in [0.1, 0.15) is 6.67 Å². The van der Waals surface area contributed by atoms with Crippen LogP contribution >= 0.6 is 22.6 Å². The second-order valence-electron chi connectivity index (χ2n) is 2.03. The van der Waals surface area contributed by atoms with Gasteiger partial charge < -0.3 is 0 Å². The highest BCUT2D eigenvalue weighted by atomic mass is 127. The Labute approximate surface area is 73.6 Å². The van der Waals surface area contributed by atoms with E-state index in [-0.39, 0.29) is 10.6 Å². The van der Waals surface area contributed by atoms with E-state index in [1.807, 2.05) is 30.3 Å². The second-order valence-corrected chi connectivity index (χ2v) is 3.54. The van der Waals surface area contributed by atoms with Crippen LogP contribution in [0.15, 0.2) is 30.3 Å². The molecule has 0 aliphatic rings. The molecule has 10 heavy (non-hydrogen) atoms. The fourth-order valence-corrected chi connectivity index (χ4v) is 1.17. The molecule has 0 saturated carbocycles. The number of hydrogen-bond acceptors (Lipinski definition) is 0. The fourth-order valence-electron chi connectivity index (χ4n) is 0.751. The summed E-state index contributed by atoms with van der Waals surface area (Å²) in [5.41, 5.74) is 1.06. The van der Waals surface area contributed by atoms with Crippen LogP contribution in [0.25, 0.3) is 0 Å². The molecular weight excluding hydrogens is 242 g/mol. The lowest BCUT2D eigenvalue weighted by Crippen LogP contribution is -1.89. The molecule has 1 unspecified atom stereocenters. The van der Waals surface area contributed by atoms with Gasteiger partial charge in [-0.1, -0.05) is 52.9 Å². The standard InChI is InChI=1S/C8H8FI/c9-6-8(10)7-4-2-1-3-5-7/h1-5,8H,6H2. The molecule has 2 heteroatoms. The number of benzene rings is 1. The SMILES string of the molecule is FCC(I)c1ccccc1. The fraction of sp³-hybridized carbons (Fsp3) is 0.250. The summed E-state index contributed by atoms with van der Waals surface area (Å²) in [5, 5.41) is 0. The van der Waals surface area contributed by atoms with Gasteiger partial charge in [0.2, 0.25) is 0 Å². The van der Waals surface area contributed by atoms with Crippen molar-refractivity contribution in [1.82, 2.24) is 0 Å². The van der Waals surface area contributed by atoms with Crippen LogP contribution in [0.5, 0.6) is 0 Å². The lowest BCUT2D eigenvalue weighted by Gasteiger charge is -2.02. The molecule has 0 spiro atoms. The maximum Gasteiger partial charge on any atom is 0.105 e. The molecule has 0 nitrogen and oxygen atoms in total. The van der Waals surface area contributed by atoms with Gasteiger partial charge in [0, 0.05) is 0 Å². The average molecular weight is 250 g/mol. The first-order chi connectivity index (χ1) is 4.84. The molecule has 0 aliphatic carbocycles. The maximum absolute atomic E-state index is 12.1. The third-order valence-corrected chi connectivity index (χ3v) is 2.35. The van der Waals surface area contributed by atoms with E-state index in [4.69, 9.17) is 0 Å². The number of rotatable bonds is 2. The topological polar surface area (TPSA) is 0 Å². The van der Waals surface area contributed by atoms with Crippen molar-refractivity contribution in [2.24, 2.45) is 0 Å². The minimum atomic E-state index is -0.287. The Balaban J connectivity index is 2.75. The van der Waals surface area contributed by atoms with Crippen molar-refractivity contribution in [2.75, 3.05) is 6.67 Å². The van der Waals surface area contributed by atoms with Gasteiger partial charge in [0.05, 0.1) is 3.92 Å². The van der Waals surface area contributed by atoms with E-state index < -0.39 is 0 Å². The van der Waals surface area contributed by atoms with Gasteiger partial charge in [-0.2, -0.15) is 0 Å². The predicted octanol–water partition coefficient (Wildman–Crippen LogP) is 3.13. The maximum atomic E-state index is 12.1. The molecule has 0 N–H and O–H groups in total. The molecule has 0 aromatic heterocycles. The first kappa shape index (κ1) is 7.98. The normalized spacial score (nSPS) is 13.0. The molecule has 0 saturated heterocycles. The third kappa shape index (κ3) is 1.94. The summed E-state index contributed by atoms with van der Waals surface area (Å²) in [6, 6.07) is 9.67. The van der Waals surface area contributed by atoms with Crippen LogP contribution in [-0.2, 0) is 0 Å². The van der Waals surface area contributed by atoms with Gasteiger partial charge in [0.25, 0.3) is 0 Å². The first-order valence-electron chi connectivity index (χ1n) is 3.09. The van der Waals surface area contributed by atoms with Crippen LogP contribution in [-0.4, -0.2) is 6.67 Å². The molecule has 54 valence electrons. The molecule has 1 aromatic carbocycles. The van der Waals surface area contributed by atoms with Crippen LogP contribution < -0.4 is 0 Å². The molecule has 0 fully saturated rings. The Kier molecular flexibility index (Phi) is 3.12. The molecule has 0 aliphatic heterocycles. The summed E-state index contributed by atoms with van der Waals surface area (Å²) >= 11 is 2.10. The van der Waals surface area contributed by atoms with Gasteiger partial charge in [-0.15, -0.1) is 0 Å². The van der Waals surface area contributed by atoms with Crippen molar-refractivity contribution in [3.05, 3.63) is 35.9 Å². The van der Waals surface area contributed by atoms with Crippen molar-refractivity contribution >= 4 is 22.6 Å². The van der Waals surface area contributed by atoms with Gasteiger partial charge in [-0.3, -0.25) is 0 Å². The van der Waals surface area contributed by atoms with E-state index in [9.17, 15) is 4.39 Å². The highest BCUT2D eigenvalue weighted by Crippen LogP contribution is 2.22. The van der Waals surface area contributed by atoms with Crippen LogP contribution in [0.3, 0.4) is 0 Å². The van der Waals surface area contributed by atoms with Gasteiger partial charge in [0.15, 0.2) is 0 Å². The summed E-state index contributed by atoms with van der Waals surface area (Å²) in [4.78, 5) is 0. The third-order valence-electron chi connectivity index (χ3n) is 1.30. The quantitative estimate of drug-likeness (QED) is 0.558. The zero-order valence-corrected chi connectivity index (χ0v) is 7.58. The van der Waals surface area contributed by atoms with Crippen LogP contribution in [0.1, 0.15) is 9.49 Å². The molecule has 1 rings (SSSR count). The highest BCUT2D eigenvalue weighted by molar-refractivity contribution is 14.1. The number of hydrogen-bond donors (Lipinski definition) is 0. The summed E-state index contributed by atoms with van der Waals surface area (Å²) < 4.78 is 12.1. The molecular formula is C8H8FI. The minimum absolute atomic E-state index is 0.0128. The van der Waals surface area contributed by atoms with Crippen molar-refractivity contribution in [3.8, 4) is 0 Å². The van der Waals surface area contributed by atoms with Crippen LogP contribution in [0.2, 0.25) is 0 Å². The largest absolute Gasteiger partial charge is 0.250 e. The van der Waals surface area contributed by atoms with Crippen molar-refractivity contribution < 1.29 is 4.39 Å². The lowest BCUT2D eigenvalue weighted by molar-refractivity contribution is 0.497. The van der Waals surface area contributed by atoms with E-state index in [0.29, 0.717) is 0 Å². The Bertz CT molecular complexity index is 186. The lowest BCUT2D eigenvalue weighted by atomic mass is 10.2. The van der Waals surface area contributed by atoms with Gasteiger partial charge in [-0.25, -0.2) is 4.39 Å². The summed E-state index contributed by atoms with van der Waals surface area (Å²) in [5.74, 6) is 0. The number of alkyl halides is 2. The Morgan fingerprint density at radius 2 is 1.90 bits per heavy atom. The smallest absolute Gasteiger partial charge is 0.105 e. The minimum Gasteiger partial charge on any atom is -0.250 e. The van der Waals surface area contributed by atoms with E-state index in [1.54, 1.807) is 0 Å². The molecule has 1 aromatic rings. The average Bonchev–Trinajstić information content (AvgIpc) is 2.05. The second kappa shape index (κ2) is 3.91. The summed E-state index contributed by atoms with van der Waals surface area (Å²) in [6.07, 6.45) is 0. The summed E-state index contributed by atoms with van der Waals surface area (Å²) in [6.45, 7) is -0.287. The van der Waals surface area contributed by atoms with Crippen LogP contribution in [0.4, 0.5) is 4.39 Å². The molecule has 1 atom stereocenters. The number of halogens is 2. The molecule has 0 amide bonds. The molecule has 0 heterocycles. The molecule has 0 bridgehead atoms. The Morgan fingerprint density at radius 3 is 2.40 bits per heavy atom. The summed E-state index contributed by atoms with van der Waals surface area (Å²) in [7, 11) is 0. The van der Waals surface area contributed by atoms with E-state index in [0.717, 1.165) is 5.56 Å². The first-order valence-corrected chi connectivity index (χ1v) is 4.34. The molecule has 0 radical (unpaired) electrons. The Morgan fingerprint density at radius 1 is 1.30 bits per heavy atom. The Hall–Kier alpha value is -0.120. The van der Waals surface area contributed by atoms with E-state index in [1.165, 1.54) is 0 Å². The predicted molar refractivity (Wildman–Crippen MR) is 49.2 cm³/mol. The van der Waals surface area contributed by atoms with E-state index >= 15 is 0 Å². The van der Waals surface area contributed by atoms with Crippen molar-refractivity contribution in [2.45, 2.75) is 3.92 Å². The van der Waals surface area contributed by atoms with E-state index in [2.05, 4.69) is 22.6 Å².